The summed E-state index contributed by atoms with van der Waals surface area (Å²) in [4.78, 5) is 50.7. The van der Waals surface area contributed by atoms with Gasteiger partial charge in [0.05, 0.1) is 55.4 Å². The topological polar surface area (TPSA) is 212 Å². The van der Waals surface area contributed by atoms with Crippen LogP contribution >= 0.6 is 0 Å². The minimum absolute atomic E-state index is 0.0223. The molecule has 396 valence electrons. The Morgan fingerprint density at radius 3 is 1.82 bits per heavy atom. The Hall–Kier alpha value is -6.86. The second-order valence-electron chi connectivity index (χ2n) is 22.4. The highest BCUT2D eigenvalue weighted by atomic mass is 16.5. The summed E-state index contributed by atoms with van der Waals surface area (Å²) >= 11 is 0. The molecule has 2 aliphatic heterocycles. The molecule has 2 bridgehead atoms. The SMILES string of the molecule is COc1cc(C(=O)N2C[C@H](N)CC[C@H]2CO)cc2nc(-c3cc4cccnc4n3CC3CC3)n(C)c12.COc1cc(C(=O)N2C[C@H]3CCC2[C@@H]3N)cc2nc(-c3cc4cccnc4n3CC3CC3)n(C3CC(OC)C3)c12. The van der Waals surface area contributed by atoms with Crippen LogP contribution in [0.1, 0.15) is 91.0 Å². The van der Waals surface area contributed by atoms with Gasteiger partial charge in [0.2, 0.25) is 0 Å². The number of piperidine rings is 2. The molecule has 2 amide bonds. The van der Waals surface area contributed by atoms with Gasteiger partial charge >= 0.3 is 0 Å². The molecule has 0 radical (unpaired) electrons. The molecule has 18 nitrogen and oxygen atoms in total. The second kappa shape index (κ2) is 19.3. The number of pyridine rings is 2. The minimum Gasteiger partial charge on any atom is -0.494 e. The predicted molar refractivity (Wildman–Crippen MR) is 290 cm³/mol. The molecule has 6 aromatic heterocycles. The first kappa shape index (κ1) is 48.8. The van der Waals surface area contributed by atoms with Crippen LogP contribution in [0.5, 0.6) is 11.5 Å². The Morgan fingerprint density at radius 2 is 1.26 bits per heavy atom. The highest BCUT2D eigenvalue weighted by molar-refractivity contribution is 6.02. The molecule has 8 heterocycles. The van der Waals surface area contributed by atoms with Crippen molar-refractivity contribution in [3.63, 3.8) is 0 Å². The molecule has 6 fully saturated rings. The maximum Gasteiger partial charge on any atom is 0.254 e. The number of rotatable bonds is 13. The average molecular weight is 1030 g/mol. The molecule has 5 atom stereocenters. The molecule has 6 aliphatic rings. The molecule has 14 rings (SSSR count). The third-order valence-electron chi connectivity index (χ3n) is 17.6. The number of imidazole rings is 2. The Labute approximate surface area is 440 Å². The first-order valence-electron chi connectivity index (χ1n) is 27.3. The number of nitrogens with two attached hydrogens (primary N) is 2. The van der Waals surface area contributed by atoms with E-state index >= 15 is 0 Å². The number of carbonyl (C=O) groups excluding carboxylic acids is 2. The van der Waals surface area contributed by atoms with Crippen molar-refractivity contribution in [1.82, 2.24) is 48.0 Å². The highest BCUT2D eigenvalue weighted by Crippen LogP contribution is 2.46. The zero-order valence-corrected chi connectivity index (χ0v) is 43.8. The van der Waals surface area contributed by atoms with Crippen LogP contribution in [0, 0.1) is 17.8 Å². The Bertz CT molecular complexity index is 3550. The highest BCUT2D eigenvalue weighted by Gasteiger charge is 2.47. The number of benzene rings is 2. The molecule has 0 spiro atoms. The third-order valence-corrected chi connectivity index (χ3v) is 17.6. The van der Waals surface area contributed by atoms with Crippen molar-refractivity contribution in [3.05, 3.63) is 84.2 Å². The molecule has 18 heteroatoms. The van der Waals surface area contributed by atoms with Gasteiger partial charge < -0.3 is 58.9 Å². The number of amides is 2. The standard InChI is InChI=1S/C31H36N6O3.C27H32N6O3/c1-39-22-13-21(14-22)37-28-23(10-20(12-26(28)40-2)31(38)36-16-19-7-8-24(36)27(19)32)34-30(37)25-11-18-4-3-9-33-29(18)35(25)15-17-5-6-17;1-31-24-21(10-18(12-23(24)36-2)27(35)32-14-19(28)7-8-20(32)15-34)30-26(31)22-11-17-4-3-9-29-25(17)33(22)13-16-5-6-16/h3-4,9-12,17,19,21-22,24,27H,5-8,13-16,32H2,1-2H3;3-4,9-12,16,19-20,34H,5-8,13-15,28H2,1-2H3/t19-,21?,22?,24?,27-;19-,20+/m11/s1. The maximum absolute atomic E-state index is 13.8. The van der Waals surface area contributed by atoms with Gasteiger partial charge in [0, 0.05) is 98.8 Å². The Kier molecular flexibility index (Phi) is 12.4. The number of methoxy groups -OCH3 is 3. The summed E-state index contributed by atoms with van der Waals surface area (Å²) in [5.41, 5.74) is 20.9. The summed E-state index contributed by atoms with van der Waals surface area (Å²) in [6.07, 6.45) is 14.3. The normalized spacial score (nSPS) is 24.2. The lowest BCUT2D eigenvalue weighted by Crippen LogP contribution is -2.52. The summed E-state index contributed by atoms with van der Waals surface area (Å²) in [7, 11) is 7.05. The van der Waals surface area contributed by atoms with E-state index in [9.17, 15) is 14.7 Å². The number of aromatic nitrogens is 8. The van der Waals surface area contributed by atoms with E-state index in [0.29, 0.717) is 58.9 Å². The number of carbonyl (C=O) groups is 2. The van der Waals surface area contributed by atoms with Crippen molar-refractivity contribution in [2.24, 2.45) is 36.3 Å². The third kappa shape index (κ3) is 8.39. The molecule has 8 aromatic rings. The lowest BCUT2D eigenvalue weighted by molar-refractivity contribution is 0.00771. The van der Waals surface area contributed by atoms with Gasteiger partial charge in [-0.05, 0) is 143 Å². The van der Waals surface area contributed by atoms with Crippen molar-refractivity contribution >= 4 is 55.9 Å². The fourth-order valence-corrected chi connectivity index (χ4v) is 12.9. The number of aryl methyl sites for hydroxylation is 1. The molecule has 5 N–H and O–H groups in total. The molecule has 2 aromatic carbocycles. The largest absolute Gasteiger partial charge is 0.494 e. The van der Waals surface area contributed by atoms with Gasteiger partial charge in [0.15, 0.2) is 11.6 Å². The lowest BCUT2D eigenvalue weighted by atomic mass is 9.88. The van der Waals surface area contributed by atoms with Crippen LogP contribution in [0.25, 0.3) is 67.2 Å². The first-order chi connectivity index (χ1) is 37.0. The summed E-state index contributed by atoms with van der Waals surface area (Å²) in [6, 6.07) is 20.1. The molecule has 4 aliphatic carbocycles. The van der Waals surface area contributed by atoms with Crippen LogP contribution < -0.4 is 20.9 Å². The minimum atomic E-state index is -0.232. The number of aliphatic hydroxyl groups excluding tert-OH is 1. The van der Waals surface area contributed by atoms with Crippen molar-refractivity contribution in [2.75, 3.05) is 41.0 Å². The van der Waals surface area contributed by atoms with Crippen LogP contribution in [0.4, 0.5) is 0 Å². The number of aliphatic hydroxyl groups is 1. The van der Waals surface area contributed by atoms with Crippen molar-refractivity contribution in [1.29, 1.82) is 0 Å². The lowest BCUT2D eigenvalue weighted by Gasteiger charge is -2.37. The predicted octanol–water partition coefficient (Wildman–Crippen LogP) is 7.32. The van der Waals surface area contributed by atoms with E-state index in [1.807, 2.05) is 59.2 Å². The number of hydrogen-bond acceptors (Lipinski definition) is 12. The van der Waals surface area contributed by atoms with Crippen molar-refractivity contribution in [3.8, 4) is 34.5 Å². The van der Waals surface area contributed by atoms with E-state index in [-0.39, 0.29) is 54.7 Å². The fraction of sp³-hybridized carbons (Fsp3) is 0.483. The summed E-state index contributed by atoms with van der Waals surface area (Å²) in [5, 5.41) is 12.0. The van der Waals surface area contributed by atoms with E-state index in [4.69, 9.17) is 40.6 Å². The van der Waals surface area contributed by atoms with Crippen LogP contribution in [-0.4, -0.2) is 136 Å². The summed E-state index contributed by atoms with van der Waals surface area (Å²) in [6.45, 7) is 2.93. The van der Waals surface area contributed by atoms with Crippen molar-refractivity contribution in [2.45, 2.75) is 114 Å². The number of likely N-dealkylation sites (tertiary alicyclic amines) is 2. The van der Waals surface area contributed by atoms with Crippen LogP contribution in [0.2, 0.25) is 0 Å². The van der Waals surface area contributed by atoms with Gasteiger partial charge in [-0.25, -0.2) is 19.9 Å². The van der Waals surface area contributed by atoms with Gasteiger partial charge in [-0.15, -0.1) is 0 Å². The first-order valence-corrected chi connectivity index (χ1v) is 27.3. The Balaban J connectivity index is 0.000000146. The smallest absolute Gasteiger partial charge is 0.254 e. The molecular formula is C58H68N12O6. The van der Waals surface area contributed by atoms with Gasteiger partial charge in [-0.3, -0.25) is 9.59 Å². The van der Waals surface area contributed by atoms with E-state index in [2.05, 4.69) is 43.0 Å². The number of hydrogen-bond donors (Lipinski definition) is 3. The van der Waals surface area contributed by atoms with Crippen LogP contribution in [0.15, 0.2) is 73.1 Å². The fourth-order valence-electron chi connectivity index (χ4n) is 12.9. The zero-order chi connectivity index (χ0) is 52.1. The van der Waals surface area contributed by atoms with Gasteiger partial charge in [0.25, 0.3) is 11.8 Å². The molecule has 4 saturated carbocycles. The summed E-state index contributed by atoms with van der Waals surface area (Å²) in [5.74, 6) is 4.58. The van der Waals surface area contributed by atoms with Crippen LogP contribution in [0.3, 0.4) is 0 Å². The number of nitrogens with zero attached hydrogens (tertiary/aromatic N) is 10. The molecule has 2 saturated heterocycles. The zero-order valence-electron chi connectivity index (χ0n) is 43.8. The van der Waals surface area contributed by atoms with Gasteiger partial charge in [0.1, 0.15) is 33.8 Å². The van der Waals surface area contributed by atoms with Crippen molar-refractivity contribution < 1.29 is 28.9 Å². The Morgan fingerprint density at radius 1 is 0.684 bits per heavy atom. The average Bonchev–Trinajstić information content (AvgIpc) is 4.22. The number of ether oxygens (including phenoxy) is 3. The van der Waals surface area contributed by atoms with E-state index in [0.717, 1.165) is 113 Å². The molecular weight excluding hydrogens is 961 g/mol. The molecule has 76 heavy (non-hydrogen) atoms. The second-order valence-corrected chi connectivity index (χ2v) is 22.4. The summed E-state index contributed by atoms with van der Waals surface area (Å²) < 4.78 is 26.4. The monoisotopic (exact) mass is 1030 g/mol. The van der Waals surface area contributed by atoms with Gasteiger partial charge in [-0.1, -0.05) is 0 Å². The quantitative estimate of drug-likeness (QED) is 0.104. The molecule has 1 unspecified atom stereocenters. The maximum atomic E-state index is 13.8. The van der Waals surface area contributed by atoms with E-state index < -0.39 is 0 Å². The van der Waals surface area contributed by atoms with E-state index in [1.165, 1.54) is 25.7 Å². The van der Waals surface area contributed by atoms with E-state index in [1.54, 1.807) is 32.3 Å². The van der Waals surface area contributed by atoms with Crippen LogP contribution in [-0.2, 0) is 24.9 Å². The number of fused-ring (bicyclic) bond motifs is 6. The van der Waals surface area contributed by atoms with Gasteiger partial charge in [-0.2, -0.15) is 0 Å².